The number of nitrogens with one attached hydrogen (secondary N) is 1. The molecule has 0 aromatic heterocycles. The van der Waals surface area contributed by atoms with E-state index in [4.69, 9.17) is 16.3 Å². The third kappa shape index (κ3) is 5.16. The number of methoxy groups -OCH3 is 1. The lowest BCUT2D eigenvalue weighted by molar-refractivity contribution is -0.384. The van der Waals surface area contributed by atoms with Gasteiger partial charge in [0, 0.05) is 22.8 Å². The number of nitro benzene ring substituents is 1. The molecule has 3 aromatic carbocycles. The van der Waals surface area contributed by atoms with Gasteiger partial charge < -0.3 is 10.1 Å². The Morgan fingerprint density at radius 3 is 2.47 bits per heavy atom. The molecule has 0 aliphatic heterocycles. The smallest absolute Gasteiger partial charge is 0.271 e. The van der Waals surface area contributed by atoms with Crippen molar-refractivity contribution in [1.29, 1.82) is 0 Å². The molecule has 1 N–H and O–H groups in total. The zero-order valence-corrected chi connectivity index (χ0v) is 18.3. The number of carbonyl (C=O) groups is 1. The van der Waals surface area contributed by atoms with E-state index in [-0.39, 0.29) is 32.7 Å². The second-order valence-corrected chi connectivity index (χ2v) is 8.80. The van der Waals surface area contributed by atoms with E-state index in [1.54, 1.807) is 18.2 Å². The first-order valence-electron chi connectivity index (χ1n) is 9.18. The number of nitro groups is 1. The van der Waals surface area contributed by atoms with E-state index in [1.165, 1.54) is 61.7 Å². The molecular formula is C21H18ClN3O6S. The highest BCUT2D eigenvalue weighted by Crippen LogP contribution is 2.34. The molecule has 0 aliphatic rings. The second kappa shape index (κ2) is 9.67. The summed E-state index contributed by atoms with van der Waals surface area (Å²) in [5.74, 6) is -0.524. The highest BCUT2D eigenvalue weighted by Gasteiger charge is 2.29. The summed E-state index contributed by atoms with van der Waals surface area (Å²) in [4.78, 5) is 23.1. The number of sulfonamides is 1. The maximum Gasteiger partial charge on any atom is 0.271 e. The summed E-state index contributed by atoms with van der Waals surface area (Å²) in [5, 5.41) is 13.7. The molecule has 166 valence electrons. The first kappa shape index (κ1) is 23.0. The van der Waals surface area contributed by atoms with Crippen molar-refractivity contribution in [1.82, 2.24) is 0 Å². The fraction of sp³-hybridized carbons (Fsp3) is 0.0952. The molecule has 32 heavy (non-hydrogen) atoms. The summed E-state index contributed by atoms with van der Waals surface area (Å²) in [6.45, 7) is -0.628. The average Bonchev–Trinajstić information content (AvgIpc) is 2.78. The van der Waals surface area contributed by atoms with Gasteiger partial charge in [-0.25, -0.2) is 8.42 Å². The quantitative estimate of drug-likeness (QED) is 0.387. The highest BCUT2D eigenvalue weighted by atomic mass is 35.5. The highest BCUT2D eigenvalue weighted by molar-refractivity contribution is 7.92. The standard InChI is InChI=1S/C21H18ClN3O6S/c1-31-20-11-10-15(22)12-19(20)24(32(29,30)18-8-3-2-4-9-18)14-21(26)23-16-6-5-7-17(13-16)25(27)28/h2-13H,14H2,1H3,(H,23,26). The van der Waals surface area contributed by atoms with Gasteiger partial charge in [-0.05, 0) is 36.4 Å². The third-order valence-electron chi connectivity index (χ3n) is 4.37. The fourth-order valence-corrected chi connectivity index (χ4v) is 4.52. The van der Waals surface area contributed by atoms with E-state index in [2.05, 4.69) is 5.32 Å². The van der Waals surface area contributed by atoms with Crippen LogP contribution < -0.4 is 14.4 Å². The Morgan fingerprint density at radius 1 is 1.09 bits per heavy atom. The lowest BCUT2D eigenvalue weighted by Gasteiger charge is -2.25. The molecule has 11 heteroatoms. The Balaban J connectivity index is 2.00. The van der Waals surface area contributed by atoms with Gasteiger partial charge in [-0.3, -0.25) is 19.2 Å². The molecule has 0 unspecified atom stereocenters. The van der Waals surface area contributed by atoms with Crippen molar-refractivity contribution in [3.63, 3.8) is 0 Å². The van der Waals surface area contributed by atoms with Crippen molar-refractivity contribution in [2.45, 2.75) is 4.90 Å². The molecule has 0 aliphatic carbocycles. The van der Waals surface area contributed by atoms with Crippen LogP contribution in [-0.2, 0) is 14.8 Å². The van der Waals surface area contributed by atoms with Crippen molar-refractivity contribution in [2.75, 3.05) is 23.3 Å². The molecule has 0 saturated carbocycles. The largest absolute Gasteiger partial charge is 0.495 e. The van der Waals surface area contributed by atoms with E-state index < -0.39 is 27.4 Å². The topological polar surface area (TPSA) is 119 Å². The molecule has 0 saturated heterocycles. The molecule has 0 heterocycles. The summed E-state index contributed by atoms with van der Waals surface area (Å²) < 4.78 is 33.0. The van der Waals surface area contributed by atoms with Crippen LogP contribution >= 0.6 is 11.6 Å². The SMILES string of the molecule is COc1ccc(Cl)cc1N(CC(=O)Nc1cccc([N+](=O)[O-])c1)S(=O)(=O)c1ccccc1. The summed E-state index contributed by atoms with van der Waals surface area (Å²) >= 11 is 6.09. The van der Waals surface area contributed by atoms with Gasteiger partial charge in [0.1, 0.15) is 12.3 Å². The number of anilines is 2. The minimum Gasteiger partial charge on any atom is -0.495 e. The molecule has 0 spiro atoms. The van der Waals surface area contributed by atoms with Gasteiger partial charge in [0.2, 0.25) is 5.91 Å². The average molecular weight is 476 g/mol. The number of nitrogens with zero attached hydrogens (tertiary/aromatic N) is 2. The number of non-ortho nitro benzene ring substituents is 1. The van der Waals surface area contributed by atoms with Gasteiger partial charge >= 0.3 is 0 Å². The molecular weight excluding hydrogens is 458 g/mol. The van der Waals surface area contributed by atoms with E-state index in [9.17, 15) is 23.3 Å². The van der Waals surface area contributed by atoms with Crippen LogP contribution in [0.5, 0.6) is 5.75 Å². The second-order valence-electron chi connectivity index (χ2n) is 6.50. The number of hydrogen-bond donors (Lipinski definition) is 1. The third-order valence-corrected chi connectivity index (χ3v) is 6.38. The van der Waals surface area contributed by atoms with Crippen molar-refractivity contribution in [3.8, 4) is 5.75 Å². The van der Waals surface area contributed by atoms with Crippen LogP contribution in [-0.4, -0.2) is 32.9 Å². The van der Waals surface area contributed by atoms with Gasteiger partial charge in [-0.1, -0.05) is 35.9 Å². The Hall–Kier alpha value is -3.63. The van der Waals surface area contributed by atoms with Crippen LogP contribution in [0.3, 0.4) is 0 Å². The monoisotopic (exact) mass is 475 g/mol. The summed E-state index contributed by atoms with van der Waals surface area (Å²) in [6.07, 6.45) is 0. The van der Waals surface area contributed by atoms with Crippen molar-refractivity contribution >= 4 is 44.6 Å². The minimum absolute atomic E-state index is 0.0369. The normalized spacial score (nSPS) is 10.9. The number of amides is 1. The maximum atomic E-state index is 13.4. The van der Waals surface area contributed by atoms with Crippen LogP contribution in [0.2, 0.25) is 5.02 Å². The van der Waals surface area contributed by atoms with Crippen LogP contribution in [0.1, 0.15) is 0 Å². The molecule has 0 fully saturated rings. The fourth-order valence-electron chi connectivity index (χ4n) is 2.91. The van der Waals surface area contributed by atoms with Crippen molar-refractivity contribution in [2.24, 2.45) is 0 Å². The van der Waals surface area contributed by atoms with Gasteiger partial charge in [-0.2, -0.15) is 0 Å². The van der Waals surface area contributed by atoms with Crippen LogP contribution in [0.4, 0.5) is 17.1 Å². The van der Waals surface area contributed by atoms with Crippen LogP contribution in [0.15, 0.2) is 77.7 Å². The van der Waals surface area contributed by atoms with Gasteiger partial charge in [-0.15, -0.1) is 0 Å². The lowest BCUT2D eigenvalue weighted by atomic mass is 10.2. The molecule has 0 bridgehead atoms. The molecule has 0 atom stereocenters. The van der Waals surface area contributed by atoms with E-state index >= 15 is 0 Å². The van der Waals surface area contributed by atoms with Crippen molar-refractivity contribution in [3.05, 3.63) is 87.9 Å². The van der Waals surface area contributed by atoms with Gasteiger partial charge in [0.15, 0.2) is 0 Å². The number of halogens is 1. The number of hydrogen-bond acceptors (Lipinski definition) is 6. The number of rotatable bonds is 8. The zero-order valence-electron chi connectivity index (χ0n) is 16.8. The Labute approximate surface area is 189 Å². The van der Waals surface area contributed by atoms with E-state index in [0.29, 0.717) is 0 Å². The van der Waals surface area contributed by atoms with Crippen molar-refractivity contribution < 1.29 is 22.9 Å². The van der Waals surface area contributed by atoms with Crippen LogP contribution in [0.25, 0.3) is 0 Å². The first-order valence-corrected chi connectivity index (χ1v) is 11.0. The Kier molecular flexibility index (Phi) is 6.96. The van der Waals surface area contributed by atoms with Crippen LogP contribution in [0, 0.1) is 10.1 Å². The summed E-state index contributed by atoms with van der Waals surface area (Å²) in [5.41, 5.74) is 0.00503. The first-order chi connectivity index (χ1) is 15.2. The van der Waals surface area contributed by atoms with E-state index in [0.717, 1.165) is 4.31 Å². The van der Waals surface area contributed by atoms with Gasteiger partial charge in [0.25, 0.3) is 15.7 Å². The number of carbonyl (C=O) groups excluding carboxylic acids is 1. The summed E-state index contributed by atoms with van der Waals surface area (Å²) in [6, 6.07) is 17.3. The molecule has 9 nitrogen and oxygen atoms in total. The molecule has 3 rings (SSSR count). The van der Waals surface area contributed by atoms with Gasteiger partial charge in [0.05, 0.1) is 22.6 Å². The number of benzene rings is 3. The zero-order chi connectivity index (χ0) is 23.3. The predicted octanol–water partition coefficient (Wildman–Crippen LogP) is 4.09. The Bertz CT molecular complexity index is 1250. The minimum atomic E-state index is -4.19. The molecule has 1 amide bonds. The maximum absolute atomic E-state index is 13.4. The predicted molar refractivity (Wildman–Crippen MR) is 121 cm³/mol. The Morgan fingerprint density at radius 2 is 1.81 bits per heavy atom. The molecule has 0 radical (unpaired) electrons. The molecule has 3 aromatic rings. The van der Waals surface area contributed by atoms with E-state index in [1.807, 2.05) is 0 Å². The summed E-state index contributed by atoms with van der Waals surface area (Å²) in [7, 11) is -2.82. The lowest BCUT2D eigenvalue weighted by Crippen LogP contribution is -2.38. The number of ether oxygens (including phenoxy) is 1.